The molecule has 8 atom stereocenters. The Kier molecular flexibility index (Phi) is 17.0. The van der Waals surface area contributed by atoms with E-state index >= 15 is 4.39 Å². The van der Waals surface area contributed by atoms with Gasteiger partial charge < -0.3 is 64.4 Å². The van der Waals surface area contributed by atoms with Gasteiger partial charge in [0.25, 0.3) is 5.91 Å². The van der Waals surface area contributed by atoms with Crippen LogP contribution in [-0.4, -0.2) is 141 Å². The van der Waals surface area contributed by atoms with Gasteiger partial charge in [-0.15, -0.1) is 0 Å². The topological polar surface area (TPSA) is 290 Å². The summed E-state index contributed by atoms with van der Waals surface area (Å²) in [5.41, 5.74) is -4.23. The number of aliphatic hydroxyl groups excluding tert-OH is 2. The largest absolute Gasteiger partial charge is 0.516 e. The number of pyridine rings is 1. The quantitative estimate of drug-likeness (QED) is 0.0297. The average molecular weight is 1140 g/mol. The second-order valence-electron chi connectivity index (χ2n) is 23.0. The van der Waals surface area contributed by atoms with Gasteiger partial charge in [0.05, 0.1) is 65.1 Å². The third kappa shape index (κ3) is 10.9. The molecule has 22 heteroatoms. The summed E-state index contributed by atoms with van der Waals surface area (Å²) in [6.45, 7) is 16.6. The number of nitrogens with one attached hydrogen (secondary N) is 2. The summed E-state index contributed by atoms with van der Waals surface area (Å²) in [6, 6.07) is 0.420. The van der Waals surface area contributed by atoms with Crippen LogP contribution in [0.1, 0.15) is 128 Å². The van der Waals surface area contributed by atoms with Crippen LogP contribution in [0.2, 0.25) is 0 Å². The second kappa shape index (κ2) is 23.2. The van der Waals surface area contributed by atoms with Gasteiger partial charge in [0, 0.05) is 75.4 Å². The summed E-state index contributed by atoms with van der Waals surface area (Å²) in [5.74, 6) is -9.36. The molecule has 440 valence electrons. The summed E-state index contributed by atoms with van der Waals surface area (Å²) in [7, 11) is 2.81. The number of anilines is 1. The van der Waals surface area contributed by atoms with Crippen molar-refractivity contribution >= 4 is 57.7 Å². The number of ketones is 3. The number of aromatic hydroxyl groups is 1. The fourth-order valence-corrected chi connectivity index (χ4v) is 11.7. The Balaban J connectivity index is 0.992. The molecule has 5 aliphatic rings. The minimum absolute atomic E-state index is 0.0393. The highest BCUT2D eigenvalue weighted by molar-refractivity contribution is 6.32. The summed E-state index contributed by atoms with van der Waals surface area (Å²) in [5, 5.41) is 47.7. The molecule has 3 aliphatic heterocycles. The van der Waals surface area contributed by atoms with Crippen molar-refractivity contribution in [3.05, 3.63) is 104 Å². The van der Waals surface area contributed by atoms with Crippen molar-refractivity contribution in [1.29, 1.82) is 0 Å². The number of fused-ring (bicyclic) bond motifs is 4. The number of nitrogens with zero attached hydrogens (tertiary/aromatic N) is 3. The lowest BCUT2D eigenvalue weighted by Gasteiger charge is -2.45. The molecule has 1 aromatic heterocycles. The Morgan fingerprint density at radius 2 is 1.55 bits per heavy atom. The van der Waals surface area contributed by atoms with E-state index in [2.05, 4.69) is 10.6 Å². The highest BCUT2D eigenvalue weighted by Crippen LogP contribution is 2.50. The number of amides is 2. The van der Waals surface area contributed by atoms with E-state index in [0.717, 1.165) is 25.2 Å². The van der Waals surface area contributed by atoms with E-state index in [9.17, 15) is 58.8 Å². The first-order valence-electron chi connectivity index (χ1n) is 27.4. The van der Waals surface area contributed by atoms with Gasteiger partial charge in [-0.25, -0.2) is 9.18 Å². The molecule has 3 fully saturated rings. The van der Waals surface area contributed by atoms with Gasteiger partial charge in [-0.3, -0.25) is 33.6 Å². The molecule has 0 radical (unpaired) electrons. The van der Waals surface area contributed by atoms with Crippen LogP contribution >= 0.6 is 0 Å². The maximum absolute atomic E-state index is 16.0. The van der Waals surface area contributed by atoms with Crippen LogP contribution in [-0.2, 0) is 23.9 Å². The van der Waals surface area contributed by atoms with Gasteiger partial charge in [-0.1, -0.05) is 52.8 Å². The number of hydrogen-bond donors (Lipinski definition) is 6. The van der Waals surface area contributed by atoms with Crippen molar-refractivity contribution in [3.8, 4) is 17.2 Å². The molecule has 1 saturated carbocycles. The zero-order valence-corrected chi connectivity index (χ0v) is 48.0. The highest BCUT2D eigenvalue weighted by atomic mass is 19.1. The van der Waals surface area contributed by atoms with E-state index in [1.54, 1.807) is 28.5 Å². The number of aromatic nitrogens is 1. The predicted octanol–water partition coefficient (Wildman–Crippen LogP) is 6.26. The molecular weight excluding hydrogens is 1070 g/mol. The van der Waals surface area contributed by atoms with Gasteiger partial charge in [-0.2, -0.15) is 0 Å². The summed E-state index contributed by atoms with van der Waals surface area (Å²) < 4.78 is 40.6. The van der Waals surface area contributed by atoms with Gasteiger partial charge in [0.2, 0.25) is 28.7 Å². The Hall–Kier alpha value is -7.85. The number of carboxylic acids is 1. The van der Waals surface area contributed by atoms with Crippen molar-refractivity contribution in [2.75, 3.05) is 45.3 Å². The second-order valence-corrected chi connectivity index (χ2v) is 23.0. The predicted molar refractivity (Wildman–Crippen MR) is 298 cm³/mol. The lowest BCUT2D eigenvalue weighted by molar-refractivity contribution is -0.157. The van der Waals surface area contributed by atoms with Crippen LogP contribution in [0.3, 0.4) is 0 Å². The number of allylic oxidation sites excluding steroid dienone is 4. The van der Waals surface area contributed by atoms with Crippen LogP contribution in [0.4, 0.5) is 10.1 Å². The molecule has 82 heavy (non-hydrogen) atoms. The number of carboxylic acid groups (broad SMARTS) is 1. The molecular formula is C60H72FN5O16. The fourth-order valence-electron chi connectivity index (χ4n) is 11.7. The minimum Gasteiger partial charge on any atom is -0.516 e. The molecule has 2 saturated heterocycles. The highest BCUT2D eigenvalue weighted by Gasteiger charge is 2.51. The van der Waals surface area contributed by atoms with Crippen molar-refractivity contribution in [3.63, 3.8) is 0 Å². The van der Waals surface area contributed by atoms with Gasteiger partial charge in [0.1, 0.15) is 40.2 Å². The lowest BCUT2D eigenvalue weighted by Crippen LogP contribution is -2.63. The first kappa shape index (κ1) is 60.3. The number of benzene rings is 2. The van der Waals surface area contributed by atoms with Crippen LogP contribution < -0.4 is 30.4 Å². The Labute approximate surface area is 473 Å². The Morgan fingerprint density at radius 3 is 2.13 bits per heavy atom. The van der Waals surface area contributed by atoms with Crippen molar-refractivity contribution in [2.24, 2.45) is 35.5 Å². The number of aromatic carboxylic acids is 1. The number of halogens is 1. The van der Waals surface area contributed by atoms with Gasteiger partial charge in [0.15, 0.2) is 17.2 Å². The number of carbonyl (C=O) groups excluding carboxylic acids is 6. The monoisotopic (exact) mass is 1140 g/mol. The van der Waals surface area contributed by atoms with E-state index in [4.69, 9.17) is 18.9 Å². The molecule has 0 spiro atoms. The Morgan fingerprint density at radius 1 is 0.890 bits per heavy atom. The first-order chi connectivity index (χ1) is 38.6. The number of carbonyl (C=O) groups is 7. The van der Waals surface area contributed by atoms with Crippen LogP contribution in [0.5, 0.6) is 17.2 Å². The molecule has 0 unspecified atom stereocenters. The standard InChI is InChI=1S/C60H72FN5O16/c1-26(48(69)29(4)28(3)30(5)53(81-33(8)68)31(6)40(79-11)18-19-67)14-13-15-27(2)57(75)63-44-47(52(73)41-42(51(44)72)49(70)32(7)54-43(41)56(74)60(9,10)82-54)64-21-34(22-64)58(76)62-35-23-65(24-35)46-39(61)20-37-45(55(46)80-12)66(36-16-17-36)25-38(50(37)71)59(77)78/h13-15,18-20,25-26,28-31,34-36,40,48,53,67,69-70H,16-17,21-24H2,1-12H3,(H,62,76)(H,63,75)(H,77,78)/b14-13+,19-18+,27-15-/t26-,28+,29-,30+,31+,40-,48-,53-/m0/s1. The van der Waals surface area contributed by atoms with Crippen molar-refractivity contribution in [2.45, 2.75) is 118 Å². The number of ether oxygens (including phenoxy) is 4. The average Bonchev–Trinajstić information content (AvgIpc) is 4.02. The third-order valence-electron chi connectivity index (χ3n) is 17.1. The van der Waals surface area contributed by atoms with E-state index in [1.165, 1.54) is 72.1 Å². The third-order valence-corrected chi connectivity index (χ3v) is 17.1. The smallest absolute Gasteiger partial charge is 0.341 e. The zero-order chi connectivity index (χ0) is 60.3. The minimum atomic E-state index is -1.46. The first-order valence-corrected chi connectivity index (χ1v) is 27.4. The maximum atomic E-state index is 16.0. The zero-order valence-electron chi connectivity index (χ0n) is 48.0. The number of aliphatic hydroxyl groups is 2. The van der Waals surface area contributed by atoms with Crippen LogP contribution in [0.25, 0.3) is 10.9 Å². The number of phenolic OH excluding ortho intramolecular Hbond substituents is 1. The molecule has 4 heterocycles. The number of likely N-dealkylation sites (tertiary alicyclic amines) is 1. The van der Waals surface area contributed by atoms with E-state index in [1.807, 2.05) is 27.7 Å². The van der Waals surface area contributed by atoms with Crippen molar-refractivity contribution in [1.82, 2.24) is 20.1 Å². The number of methoxy groups -OCH3 is 2. The molecule has 2 amide bonds. The van der Waals surface area contributed by atoms with Crippen LogP contribution in [0, 0.1) is 48.2 Å². The normalized spacial score (nSPS) is 20.3. The van der Waals surface area contributed by atoms with Crippen LogP contribution in [0.15, 0.2) is 64.6 Å². The number of hydrogen-bond acceptors (Lipinski definition) is 17. The molecule has 2 aliphatic carbocycles. The summed E-state index contributed by atoms with van der Waals surface area (Å²) in [6.07, 6.45) is 7.70. The number of Topliss-reactive ketones (excluding diaryl/α,β-unsaturated/α-hetero) is 3. The summed E-state index contributed by atoms with van der Waals surface area (Å²) >= 11 is 0. The number of rotatable bonds is 21. The van der Waals surface area contributed by atoms with Gasteiger partial charge >= 0.3 is 11.9 Å². The molecule has 2 aromatic carbocycles. The maximum Gasteiger partial charge on any atom is 0.341 e. The SMILES string of the molecule is COc1c(N2CC(NC(=O)C3CN(C4=C(NC(=O)/C(C)=C\C=C\[C@H](C)[C@H](O)[C@@H](C)[C@@H](C)[C@@H](C)[C@H](OC(C)=O)[C@H](C)[C@H](/C=C/O)OC)C(=O)c5c(O)c(C)c6c(c5C4=O)C(=O)C(C)(C)O6)C3)C2)c(F)cc2c(=O)c(C(=O)O)cn(C3CC3)c12. The van der Waals surface area contributed by atoms with E-state index < -0.39 is 122 Å². The molecule has 0 bridgehead atoms. The Bertz CT molecular complexity index is 3360. The number of phenols is 1. The molecule has 21 nitrogen and oxygen atoms in total. The van der Waals surface area contributed by atoms with Crippen molar-refractivity contribution < 1.29 is 77.3 Å². The molecule has 6 N–H and O–H groups in total. The van der Waals surface area contributed by atoms with E-state index in [-0.39, 0.29) is 106 Å². The molecule has 8 rings (SSSR count). The molecule has 3 aromatic rings. The fraction of sp³-hybridized carbons (Fsp3) is 0.500. The number of esters is 1. The lowest BCUT2D eigenvalue weighted by atomic mass is 9.73. The van der Waals surface area contributed by atoms with Gasteiger partial charge in [-0.05, 0) is 70.4 Å². The summed E-state index contributed by atoms with van der Waals surface area (Å²) in [4.78, 5) is 112. The van der Waals surface area contributed by atoms with E-state index in [0.29, 0.717) is 0 Å².